The topological polar surface area (TPSA) is 68.3 Å². The van der Waals surface area contributed by atoms with Gasteiger partial charge in [-0.2, -0.15) is 8.42 Å². The minimum atomic E-state index is -5.26. The SMILES string of the molecule is CS(=O)(=O)c1ccc(F)c(S(=O)(=O)F)c1. The van der Waals surface area contributed by atoms with Crippen LogP contribution in [0, 0.1) is 5.82 Å². The molecule has 0 fully saturated rings. The minimum Gasteiger partial charge on any atom is -0.224 e. The summed E-state index contributed by atoms with van der Waals surface area (Å²) < 4.78 is 68.2. The second kappa shape index (κ2) is 3.53. The maximum atomic E-state index is 12.8. The predicted molar refractivity (Wildman–Crippen MR) is 47.8 cm³/mol. The molecule has 0 aromatic heterocycles. The van der Waals surface area contributed by atoms with E-state index in [4.69, 9.17) is 0 Å². The van der Waals surface area contributed by atoms with E-state index in [9.17, 15) is 25.1 Å². The highest BCUT2D eigenvalue weighted by atomic mass is 32.3. The van der Waals surface area contributed by atoms with Crippen LogP contribution in [-0.4, -0.2) is 23.1 Å². The Hall–Kier alpha value is -1.02. The minimum absolute atomic E-state index is 0.444. The van der Waals surface area contributed by atoms with Crippen molar-refractivity contribution in [2.75, 3.05) is 6.26 Å². The fraction of sp³-hybridized carbons (Fsp3) is 0.143. The van der Waals surface area contributed by atoms with Gasteiger partial charge in [0.05, 0.1) is 4.90 Å². The Morgan fingerprint density at radius 3 is 2.07 bits per heavy atom. The van der Waals surface area contributed by atoms with Gasteiger partial charge in [0.1, 0.15) is 10.7 Å². The molecular formula is C7H6F2O4S2. The standard InChI is InChI=1S/C7H6F2O4S2/c1-14(10,11)5-2-3-6(8)7(4-5)15(9,12)13/h2-4H,1H3. The molecule has 15 heavy (non-hydrogen) atoms. The van der Waals surface area contributed by atoms with Crippen LogP contribution in [0.15, 0.2) is 28.0 Å². The van der Waals surface area contributed by atoms with Crippen molar-refractivity contribution in [1.82, 2.24) is 0 Å². The Balaban J connectivity index is 3.57. The van der Waals surface area contributed by atoms with E-state index in [1.807, 2.05) is 0 Å². The van der Waals surface area contributed by atoms with E-state index in [2.05, 4.69) is 0 Å². The predicted octanol–water partition coefficient (Wildman–Crippen LogP) is 0.887. The molecule has 0 saturated carbocycles. The normalized spacial score (nSPS) is 12.7. The molecular weight excluding hydrogens is 250 g/mol. The Morgan fingerprint density at radius 2 is 1.67 bits per heavy atom. The van der Waals surface area contributed by atoms with Gasteiger partial charge in [-0.3, -0.25) is 0 Å². The number of rotatable bonds is 2. The van der Waals surface area contributed by atoms with Gasteiger partial charge in [-0.25, -0.2) is 12.8 Å². The van der Waals surface area contributed by atoms with Crippen LogP contribution in [0.2, 0.25) is 0 Å². The molecule has 4 nitrogen and oxygen atoms in total. The molecule has 84 valence electrons. The van der Waals surface area contributed by atoms with Gasteiger partial charge in [-0.05, 0) is 18.2 Å². The molecule has 8 heteroatoms. The van der Waals surface area contributed by atoms with Crippen LogP contribution in [-0.2, 0) is 20.1 Å². The van der Waals surface area contributed by atoms with Gasteiger partial charge in [-0.1, -0.05) is 0 Å². The Labute approximate surface area is 85.7 Å². The van der Waals surface area contributed by atoms with E-state index in [0.717, 1.165) is 12.3 Å². The molecule has 0 saturated heterocycles. The van der Waals surface area contributed by atoms with Gasteiger partial charge < -0.3 is 0 Å². The molecule has 0 bridgehead atoms. The van der Waals surface area contributed by atoms with Crippen LogP contribution >= 0.6 is 0 Å². The quantitative estimate of drug-likeness (QED) is 0.582. The van der Waals surface area contributed by atoms with Crippen LogP contribution in [0.5, 0.6) is 0 Å². The van der Waals surface area contributed by atoms with Gasteiger partial charge in [0.2, 0.25) is 0 Å². The summed E-state index contributed by atoms with van der Waals surface area (Å²) in [5, 5.41) is 0. The third-order valence-corrected chi connectivity index (χ3v) is 3.54. The highest BCUT2D eigenvalue weighted by Crippen LogP contribution is 2.20. The molecule has 0 radical (unpaired) electrons. The fourth-order valence-electron chi connectivity index (χ4n) is 0.901. The third-order valence-electron chi connectivity index (χ3n) is 1.59. The molecule has 1 aromatic rings. The lowest BCUT2D eigenvalue weighted by Crippen LogP contribution is -2.02. The second-order valence-corrected chi connectivity index (χ2v) is 6.13. The molecule has 0 heterocycles. The lowest BCUT2D eigenvalue weighted by Gasteiger charge is -2.01. The lowest BCUT2D eigenvalue weighted by molar-refractivity contribution is 0.532. The first-order valence-electron chi connectivity index (χ1n) is 3.56. The van der Waals surface area contributed by atoms with Gasteiger partial charge in [0.25, 0.3) is 0 Å². The van der Waals surface area contributed by atoms with E-state index in [-0.39, 0.29) is 0 Å². The number of hydrogen-bond acceptors (Lipinski definition) is 4. The molecule has 0 aliphatic carbocycles. The van der Waals surface area contributed by atoms with Crippen molar-refractivity contribution < 1.29 is 25.1 Å². The van der Waals surface area contributed by atoms with Crippen molar-refractivity contribution in [3.8, 4) is 0 Å². The van der Waals surface area contributed by atoms with Crippen LogP contribution in [0.25, 0.3) is 0 Å². The summed E-state index contributed by atoms with van der Waals surface area (Å²) in [6, 6.07) is 1.89. The Morgan fingerprint density at radius 1 is 1.13 bits per heavy atom. The molecule has 0 unspecified atom stereocenters. The smallest absolute Gasteiger partial charge is 0.224 e. The van der Waals surface area contributed by atoms with Crippen molar-refractivity contribution in [2.45, 2.75) is 9.79 Å². The number of halogens is 2. The zero-order chi connectivity index (χ0) is 11.9. The number of hydrogen-bond donors (Lipinski definition) is 0. The van der Waals surface area contributed by atoms with E-state index in [1.165, 1.54) is 0 Å². The van der Waals surface area contributed by atoms with Crippen molar-refractivity contribution in [2.24, 2.45) is 0 Å². The van der Waals surface area contributed by atoms with Crippen LogP contribution in [0.4, 0.5) is 8.28 Å². The van der Waals surface area contributed by atoms with E-state index < -0.39 is 35.7 Å². The average Bonchev–Trinajstić information content (AvgIpc) is 2.00. The fourth-order valence-corrected chi connectivity index (χ4v) is 2.19. The molecule has 1 rings (SSSR count). The summed E-state index contributed by atoms with van der Waals surface area (Å²) in [5.41, 5.74) is 0. The average molecular weight is 256 g/mol. The lowest BCUT2D eigenvalue weighted by atomic mass is 10.3. The number of benzene rings is 1. The van der Waals surface area contributed by atoms with Gasteiger partial charge in [0.15, 0.2) is 9.84 Å². The van der Waals surface area contributed by atoms with E-state index >= 15 is 0 Å². The summed E-state index contributed by atoms with van der Waals surface area (Å²) >= 11 is 0. The largest absolute Gasteiger partial charge is 0.335 e. The molecule has 0 aliphatic rings. The first-order chi connectivity index (χ1) is 6.62. The monoisotopic (exact) mass is 256 g/mol. The Kier molecular flexibility index (Phi) is 2.83. The van der Waals surface area contributed by atoms with E-state index in [1.54, 1.807) is 0 Å². The van der Waals surface area contributed by atoms with Gasteiger partial charge in [-0.15, -0.1) is 3.89 Å². The molecule has 0 aliphatic heterocycles. The van der Waals surface area contributed by atoms with Gasteiger partial charge >= 0.3 is 10.2 Å². The van der Waals surface area contributed by atoms with Crippen molar-refractivity contribution in [3.63, 3.8) is 0 Å². The molecule has 0 N–H and O–H groups in total. The zero-order valence-corrected chi connectivity index (χ0v) is 9.07. The molecule has 0 amide bonds. The molecule has 0 spiro atoms. The second-order valence-electron chi connectivity index (χ2n) is 2.80. The maximum absolute atomic E-state index is 12.8. The highest BCUT2D eigenvalue weighted by Gasteiger charge is 2.20. The van der Waals surface area contributed by atoms with Crippen LogP contribution < -0.4 is 0 Å². The third kappa shape index (κ3) is 2.72. The summed E-state index contributed by atoms with van der Waals surface area (Å²) in [7, 11) is -8.96. The summed E-state index contributed by atoms with van der Waals surface area (Å²) in [4.78, 5) is -1.73. The van der Waals surface area contributed by atoms with Crippen molar-refractivity contribution >= 4 is 20.1 Å². The summed E-state index contributed by atoms with van der Waals surface area (Å²) in [6.07, 6.45) is 0.800. The number of sulfone groups is 1. The molecule has 1 aromatic carbocycles. The first kappa shape index (κ1) is 12.1. The summed E-state index contributed by atoms with van der Waals surface area (Å²) in [6.45, 7) is 0. The maximum Gasteiger partial charge on any atom is 0.335 e. The first-order valence-corrected chi connectivity index (χ1v) is 6.84. The van der Waals surface area contributed by atoms with Crippen molar-refractivity contribution in [1.29, 1.82) is 0 Å². The molecule has 0 atom stereocenters. The zero-order valence-electron chi connectivity index (χ0n) is 7.44. The summed E-state index contributed by atoms with van der Waals surface area (Å²) in [5.74, 6) is -1.33. The van der Waals surface area contributed by atoms with E-state index in [0.29, 0.717) is 12.1 Å². The van der Waals surface area contributed by atoms with Crippen molar-refractivity contribution in [3.05, 3.63) is 24.0 Å². The van der Waals surface area contributed by atoms with Crippen LogP contribution in [0.3, 0.4) is 0 Å². The highest BCUT2D eigenvalue weighted by molar-refractivity contribution is 7.90. The Bertz CT molecular complexity index is 589. The van der Waals surface area contributed by atoms with Gasteiger partial charge in [0, 0.05) is 6.26 Å². The van der Waals surface area contributed by atoms with Crippen LogP contribution in [0.1, 0.15) is 0 Å².